The fraction of sp³-hybridized carbons (Fsp3) is 0.186. The average Bonchev–Trinajstić information content (AvgIpc) is 4.37. The van der Waals surface area contributed by atoms with E-state index in [2.05, 4.69) is 96.1 Å². The number of aromatic amines is 5. The standard InChI is InChI=1S/C25H24N6O.C20H19FN6.C14H10FN3O/c1-32-20-8-6-16-12-18(5-4-17(16)13-20)24-21-14-19(7-9-22(21)27-29-24)25-26-23(28-30-25)15-31-10-2-3-11-31;21-15-6-3-13(4-7-15)19-16-11-14(5-8-17(16)23-25-19)20-22-18(24-26-20)12-27-9-1-2-10-27;15-10-4-1-8(2-5-10)13-11-7-9(14(16)19)3-6-12(11)17-18-13/h4-9,12-14H,2-3,10-11,15H2,1H3,(H,27,29)(H,26,28,30);3-8,11H,1-2,9-10,12H2,(H,23,25)(H,22,24,26);1-7H,(H2,16,19)(H,17,18). The number of nitrogens with one attached hydrogen (secondary N) is 5. The van der Waals surface area contributed by atoms with Crippen molar-refractivity contribution in [3.05, 3.63) is 168 Å². The van der Waals surface area contributed by atoms with E-state index in [4.69, 9.17) is 15.5 Å². The summed E-state index contributed by atoms with van der Waals surface area (Å²) in [6.07, 6.45) is 5.04. The van der Waals surface area contributed by atoms with Gasteiger partial charge in [0.25, 0.3) is 0 Å². The highest BCUT2D eigenvalue weighted by molar-refractivity contribution is 6.01. The molecule has 17 nitrogen and oxygen atoms in total. The van der Waals surface area contributed by atoms with E-state index in [0.29, 0.717) is 17.1 Å². The lowest BCUT2D eigenvalue weighted by molar-refractivity contribution is 0.100. The summed E-state index contributed by atoms with van der Waals surface area (Å²) >= 11 is 0. The first kappa shape index (κ1) is 49.4. The van der Waals surface area contributed by atoms with Crippen LogP contribution < -0.4 is 10.5 Å². The lowest BCUT2D eigenvalue weighted by Crippen LogP contribution is -2.19. The lowest BCUT2D eigenvalue weighted by atomic mass is 10.0. The van der Waals surface area contributed by atoms with Crippen molar-refractivity contribution in [2.45, 2.75) is 38.8 Å². The molecule has 0 spiro atoms. The average molecular weight is 1040 g/mol. The van der Waals surface area contributed by atoms with E-state index in [0.717, 1.165) is 145 Å². The monoisotopic (exact) mass is 1040 g/mol. The number of likely N-dealkylation sites (tertiary alicyclic amines) is 2. The lowest BCUT2D eigenvalue weighted by Gasteiger charge is -2.11. The molecular weight excluding hydrogens is 989 g/mol. The number of halogens is 2. The smallest absolute Gasteiger partial charge is 0.248 e. The van der Waals surface area contributed by atoms with Crippen LogP contribution in [-0.2, 0) is 13.1 Å². The summed E-state index contributed by atoms with van der Waals surface area (Å²) in [7, 11) is 1.69. The zero-order valence-corrected chi connectivity index (χ0v) is 42.5. The number of hydrogen-bond acceptors (Lipinski definition) is 11. The Labute approximate surface area is 445 Å². The number of methoxy groups -OCH3 is 1. The summed E-state index contributed by atoms with van der Waals surface area (Å²) in [4.78, 5) is 25.4. The van der Waals surface area contributed by atoms with Gasteiger partial charge in [-0.1, -0.05) is 18.2 Å². The molecular formula is C59H53F2N15O2. The van der Waals surface area contributed by atoms with Crippen LogP contribution in [0.15, 0.2) is 140 Å². The number of fused-ring (bicyclic) bond motifs is 4. The Balaban J connectivity index is 0.000000121. The summed E-state index contributed by atoms with van der Waals surface area (Å²) in [5.41, 5.74) is 15.4. The van der Waals surface area contributed by atoms with Crippen LogP contribution in [0.2, 0.25) is 0 Å². The SMILES string of the molecule is COc1ccc2cc(-c3n[nH]c4ccc(-c5n[nH]c(CN6CCCC6)n5)cc34)ccc2c1.Fc1ccc(-c2n[nH]c3ccc(-c4n[nH]c(CN5CCCC5)n4)cc23)cc1.NC(=O)c1ccc2[nH]nc(-c3ccc(F)cc3)c2c1. The highest BCUT2D eigenvalue weighted by atomic mass is 19.1. The number of H-pyrrole nitrogens is 5. The molecule has 5 aromatic heterocycles. The molecule has 7 aromatic carbocycles. The number of carbonyl (C=O) groups excluding carboxylic acids is 1. The minimum absolute atomic E-state index is 0.259. The summed E-state index contributed by atoms with van der Waals surface area (Å²) in [6, 6.07) is 42.1. The highest BCUT2D eigenvalue weighted by Gasteiger charge is 2.19. The van der Waals surface area contributed by atoms with Gasteiger partial charge >= 0.3 is 0 Å². The van der Waals surface area contributed by atoms with E-state index in [1.165, 1.54) is 49.9 Å². The molecule has 1 amide bonds. The van der Waals surface area contributed by atoms with E-state index in [-0.39, 0.29) is 11.6 Å². The van der Waals surface area contributed by atoms with Gasteiger partial charge in [0.05, 0.1) is 53.8 Å². The number of ether oxygens (including phenoxy) is 1. The van der Waals surface area contributed by atoms with Crippen LogP contribution in [0.1, 0.15) is 47.7 Å². The molecule has 7 heterocycles. The summed E-state index contributed by atoms with van der Waals surface area (Å²) < 4.78 is 31.5. The molecule has 2 fully saturated rings. The van der Waals surface area contributed by atoms with Crippen LogP contribution >= 0.6 is 0 Å². The first-order valence-corrected chi connectivity index (χ1v) is 25.8. The van der Waals surface area contributed by atoms with Gasteiger partial charge in [0.1, 0.15) is 29.0 Å². The van der Waals surface area contributed by atoms with Crippen molar-refractivity contribution in [2.75, 3.05) is 33.3 Å². The molecule has 0 atom stereocenters. The van der Waals surface area contributed by atoms with Crippen molar-refractivity contribution in [3.63, 3.8) is 0 Å². The molecule has 0 aliphatic carbocycles. The molecule has 0 unspecified atom stereocenters. The normalized spacial score (nSPS) is 13.8. The van der Waals surface area contributed by atoms with Gasteiger partial charge in [0, 0.05) is 49.5 Å². The third kappa shape index (κ3) is 10.6. The Kier molecular flexibility index (Phi) is 13.7. The van der Waals surface area contributed by atoms with E-state index in [9.17, 15) is 13.6 Å². The second-order valence-electron chi connectivity index (χ2n) is 19.5. The predicted molar refractivity (Wildman–Crippen MR) is 297 cm³/mol. The Morgan fingerprint density at radius 3 is 1.40 bits per heavy atom. The predicted octanol–water partition coefficient (Wildman–Crippen LogP) is 11.0. The molecule has 2 saturated heterocycles. The molecule has 19 heteroatoms. The summed E-state index contributed by atoms with van der Waals surface area (Å²) in [5.74, 6) is 3.00. The Bertz CT molecular complexity index is 4070. The number of aromatic nitrogens is 12. The minimum Gasteiger partial charge on any atom is -0.497 e. The number of carbonyl (C=O) groups is 1. The third-order valence-electron chi connectivity index (χ3n) is 14.3. The second-order valence-corrected chi connectivity index (χ2v) is 19.5. The quantitative estimate of drug-likeness (QED) is 0.0714. The van der Waals surface area contributed by atoms with Crippen molar-refractivity contribution >= 4 is 49.4 Å². The third-order valence-corrected chi connectivity index (χ3v) is 14.3. The van der Waals surface area contributed by atoms with Crippen LogP contribution in [0.25, 0.3) is 100 Å². The first-order valence-electron chi connectivity index (χ1n) is 25.8. The molecule has 14 rings (SSSR count). The summed E-state index contributed by atoms with van der Waals surface area (Å²) in [5, 5.41) is 42.4. The van der Waals surface area contributed by atoms with Crippen molar-refractivity contribution in [2.24, 2.45) is 5.73 Å². The van der Waals surface area contributed by atoms with Crippen LogP contribution in [0.4, 0.5) is 8.78 Å². The molecule has 0 bridgehead atoms. The van der Waals surface area contributed by atoms with Gasteiger partial charge in [-0.3, -0.25) is 40.1 Å². The van der Waals surface area contributed by atoms with Gasteiger partial charge in [-0.25, -0.2) is 18.7 Å². The number of hydrogen-bond donors (Lipinski definition) is 6. The van der Waals surface area contributed by atoms with Crippen LogP contribution in [0, 0.1) is 11.6 Å². The molecule has 7 N–H and O–H groups in total. The molecule has 2 aliphatic rings. The number of primary amides is 1. The zero-order chi connectivity index (χ0) is 53.1. The molecule has 2 aliphatic heterocycles. The topological polar surface area (TPSA) is 228 Å². The van der Waals surface area contributed by atoms with E-state index < -0.39 is 5.91 Å². The molecule has 390 valence electrons. The largest absolute Gasteiger partial charge is 0.497 e. The Morgan fingerprint density at radius 1 is 0.487 bits per heavy atom. The maximum absolute atomic E-state index is 13.2. The zero-order valence-electron chi connectivity index (χ0n) is 42.5. The van der Waals surface area contributed by atoms with E-state index >= 15 is 0 Å². The van der Waals surface area contributed by atoms with Gasteiger partial charge in [-0.05, 0) is 184 Å². The van der Waals surface area contributed by atoms with Crippen LogP contribution in [-0.4, -0.2) is 110 Å². The van der Waals surface area contributed by atoms with Crippen LogP contribution in [0.5, 0.6) is 5.75 Å². The number of benzene rings is 7. The second kappa shape index (κ2) is 21.6. The maximum atomic E-state index is 13.2. The number of amides is 1. The van der Waals surface area contributed by atoms with Gasteiger partial charge in [-0.15, -0.1) is 0 Å². The van der Waals surface area contributed by atoms with E-state index in [1.807, 2.05) is 42.5 Å². The fourth-order valence-corrected chi connectivity index (χ4v) is 10.1. The van der Waals surface area contributed by atoms with Crippen molar-refractivity contribution in [1.82, 2.24) is 70.8 Å². The number of nitrogens with zero attached hydrogens (tertiary/aromatic N) is 9. The van der Waals surface area contributed by atoms with Gasteiger partial charge < -0.3 is 10.5 Å². The molecule has 0 saturated carbocycles. The number of rotatable bonds is 11. The van der Waals surface area contributed by atoms with Crippen molar-refractivity contribution in [3.8, 4) is 62.3 Å². The van der Waals surface area contributed by atoms with Gasteiger partial charge in [-0.2, -0.15) is 25.5 Å². The molecule has 0 radical (unpaired) electrons. The Hall–Kier alpha value is -9.46. The van der Waals surface area contributed by atoms with Gasteiger partial charge in [0.2, 0.25) is 5.91 Å². The molecule has 78 heavy (non-hydrogen) atoms. The fourth-order valence-electron chi connectivity index (χ4n) is 10.1. The number of nitrogens with two attached hydrogens (primary N) is 1. The summed E-state index contributed by atoms with van der Waals surface area (Å²) in [6.45, 7) is 6.16. The first-order chi connectivity index (χ1) is 38.2. The van der Waals surface area contributed by atoms with Crippen molar-refractivity contribution < 1.29 is 18.3 Å². The maximum Gasteiger partial charge on any atom is 0.248 e. The highest BCUT2D eigenvalue weighted by Crippen LogP contribution is 2.34. The minimum atomic E-state index is -0.492. The van der Waals surface area contributed by atoms with Gasteiger partial charge in [0.15, 0.2) is 11.6 Å². The molecule has 12 aromatic rings. The van der Waals surface area contributed by atoms with Crippen molar-refractivity contribution in [1.29, 1.82) is 0 Å². The van der Waals surface area contributed by atoms with E-state index in [1.54, 1.807) is 49.6 Å². The van der Waals surface area contributed by atoms with Crippen LogP contribution in [0.3, 0.4) is 0 Å². The Morgan fingerprint density at radius 2 is 0.910 bits per heavy atom.